The Labute approximate surface area is 110 Å². The van der Waals surface area contributed by atoms with Gasteiger partial charge in [-0.2, -0.15) is 13.2 Å². The van der Waals surface area contributed by atoms with Gasteiger partial charge in [0.25, 0.3) is 0 Å². The number of ether oxygens (including phenoxy) is 1. The predicted octanol–water partition coefficient (Wildman–Crippen LogP) is 2.57. The van der Waals surface area contributed by atoms with Crippen molar-refractivity contribution in [2.24, 2.45) is 5.73 Å². The Balaban J connectivity index is 2.55. The molecule has 0 amide bonds. The molecule has 0 fully saturated rings. The highest BCUT2D eigenvalue weighted by molar-refractivity contribution is 5.35. The molecule has 0 saturated carbocycles. The molecule has 1 aromatic carbocycles. The minimum absolute atomic E-state index is 0.125. The van der Waals surface area contributed by atoms with Crippen LogP contribution in [0.3, 0.4) is 0 Å². The Morgan fingerprint density at radius 1 is 1.26 bits per heavy atom. The van der Waals surface area contributed by atoms with Crippen LogP contribution in [0.1, 0.15) is 25.3 Å². The van der Waals surface area contributed by atoms with E-state index in [0.717, 1.165) is 6.07 Å². The van der Waals surface area contributed by atoms with Gasteiger partial charge in [0, 0.05) is 5.54 Å². The molecule has 1 unspecified atom stereocenters. The lowest BCUT2D eigenvalue weighted by Crippen LogP contribution is -2.40. The van der Waals surface area contributed by atoms with Crippen molar-refractivity contribution in [1.82, 2.24) is 0 Å². The number of benzene rings is 1. The maximum atomic E-state index is 12.7. The molecule has 1 aromatic rings. The first kappa shape index (κ1) is 15.8. The Morgan fingerprint density at radius 3 is 2.47 bits per heavy atom. The molecule has 3 N–H and O–H groups in total. The molecule has 108 valence electrons. The van der Waals surface area contributed by atoms with Gasteiger partial charge in [-0.25, -0.2) is 0 Å². The van der Waals surface area contributed by atoms with Crippen molar-refractivity contribution < 1.29 is 23.0 Å². The number of alkyl halides is 3. The van der Waals surface area contributed by atoms with Crippen LogP contribution in [-0.2, 0) is 6.18 Å². The van der Waals surface area contributed by atoms with Crippen LogP contribution in [0.5, 0.6) is 5.75 Å². The van der Waals surface area contributed by atoms with Crippen molar-refractivity contribution in [2.75, 3.05) is 13.2 Å². The normalized spacial score (nSPS) is 15.1. The molecule has 0 aromatic heterocycles. The SMILES string of the molecule is CC(N)(CO)CCCOc1ccccc1C(F)(F)F. The van der Waals surface area contributed by atoms with Gasteiger partial charge in [-0.1, -0.05) is 12.1 Å². The van der Waals surface area contributed by atoms with Gasteiger partial charge in [-0.05, 0) is 31.9 Å². The maximum absolute atomic E-state index is 12.7. The van der Waals surface area contributed by atoms with Gasteiger partial charge >= 0.3 is 6.18 Å². The molecule has 0 aliphatic carbocycles. The number of hydrogen-bond donors (Lipinski definition) is 2. The molecule has 0 aliphatic rings. The fraction of sp³-hybridized carbons (Fsp3) is 0.538. The summed E-state index contributed by atoms with van der Waals surface area (Å²) in [7, 11) is 0. The highest BCUT2D eigenvalue weighted by Crippen LogP contribution is 2.35. The predicted molar refractivity (Wildman–Crippen MR) is 65.9 cm³/mol. The lowest BCUT2D eigenvalue weighted by Gasteiger charge is -2.21. The number of hydrogen-bond acceptors (Lipinski definition) is 3. The van der Waals surface area contributed by atoms with Crippen molar-refractivity contribution in [3.63, 3.8) is 0 Å². The summed E-state index contributed by atoms with van der Waals surface area (Å²) in [6.45, 7) is 1.63. The Morgan fingerprint density at radius 2 is 1.89 bits per heavy atom. The van der Waals surface area contributed by atoms with Gasteiger partial charge in [0.15, 0.2) is 0 Å². The van der Waals surface area contributed by atoms with Crippen LogP contribution in [-0.4, -0.2) is 23.9 Å². The van der Waals surface area contributed by atoms with Crippen LogP contribution in [0.15, 0.2) is 24.3 Å². The summed E-state index contributed by atoms with van der Waals surface area (Å²) in [5, 5.41) is 8.95. The van der Waals surface area contributed by atoms with Crippen molar-refractivity contribution >= 4 is 0 Å². The molecular formula is C13H18F3NO2. The van der Waals surface area contributed by atoms with Gasteiger partial charge in [-0.15, -0.1) is 0 Å². The highest BCUT2D eigenvalue weighted by atomic mass is 19.4. The molecule has 0 aliphatic heterocycles. The van der Waals surface area contributed by atoms with Gasteiger partial charge in [0.1, 0.15) is 5.75 Å². The molecule has 1 rings (SSSR count). The van der Waals surface area contributed by atoms with Crippen molar-refractivity contribution in [3.8, 4) is 5.75 Å². The minimum Gasteiger partial charge on any atom is -0.493 e. The van der Waals surface area contributed by atoms with Crippen LogP contribution in [0.4, 0.5) is 13.2 Å². The first-order valence-electron chi connectivity index (χ1n) is 5.95. The van der Waals surface area contributed by atoms with E-state index in [1.807, 2.05) is 0 Å². The number of para-hydroxylation sites is 1. The minimum atomic E-state index is -4.43. The monoisotopic (exact) mass is 277 g/mol. The summed E-state index contributed by atoms with van der Waals surface area (Å²) in [5.41, 5.74) is 4.20. The fourth-order valence-electron chi connectivity index (χ4n) is 1.56. The van der Waals surface area contributed by atoms with Crippen LogP contribution in [0, 0.1) is 0 Å². The third-order valence-corrected chi connectivity index (χ3v) is 2.70. The molecule has 3 nitrogen and oxygen atoms in total. The largest absolute Gasteiger partial charge is 0.493 e. The summed E-state index contributed by atoms with van der Waals surface area (Å²) in [6, 6.07) is 5.08. The molecule has 0 saturated heterocycles. The Bertz CT molecular complexity index is 405. The summed E-state index contributed by atoms with van der Waals surface area (Å²) < 4.78 is 43.2. The molecule has 0 radical (unpaired) electrons. The lowest BCUT2D eigenvalue weighted by atomic mass is 9.99. The van der Waals surface area contributed by atoms with Crippen LogP contribution >= 0.6 is 0 Å². The van der Waals surface area contributed by atoms with Crippen molar-refractivity contribution in [2.45, 2.75) is 31.5 Å². The quantitative estimate of drug-likeness (QED) is 0.786. The van der Waals surface area contributed by atoms with E-state index in [-0.39, 0.29) is 19.0 Å². The molecule has 1 atom stereocenters. The van der Waals surface area contributed by atoms with E-state index in [4.69, 9.17) is 15.6 Å². The van der Waals surface area contributed by atoms with E-state index in [1.54, 1.807) is 6.92 Å². The zero-order valence-corrected chi connectivity index (χ0v) is 10.7. The van der Waals surface area contributed by atoms with Crippen LogP contribution in [0.25, 0.3) is 0 Å². The van der Waals surface area contributed by atoms with Gasteiger partial charge < -0.3 is 15.6 Å². The maximum Gasteiger partial charge on any atom is 0.419 e. The van der Waals surface area contributed by atoms with E-state index in [2.05, 4.69) is 0 Å². The topological polar surface area (TPSA) is 55.5 Å². The summed E-state index contributed by atoms with van der Waals surface area (Å²) in [5.74, 6) is -0.183. The lowest BCUT2D eigenvalue weighted by molar-refractivity contribution is -0.139. The number of halogens is 3. The number of aliphatic hydroxyl groups is 1. The third kappa shape index (κ3) is 5.08. The van der Waals surface area contributed by atoms with Gasteiger partial charge in [-0.3, -0.25) is 0 Å². The smallest absolute Gasteiger partial charge is 0.419 e. The number of nitrogens with two attached hydrogens (primary N) is 1. The second kappa shape index (κ2) is 6.25. The second-order valence-corrected chi connectivity index (χ2v) is 4.76. The van der Waals surface area contributed by atoms with Crippen molar-refractivity contribution in [1.29, 1.82) is 0 Å². The summed E-state index contributed by atoms with van der Waals surface area (Å²) in [4.78, 5) is 0. The van der Waals surface area contributed by atoms with E-state index in [9.17, 15) is 13.2 Å². The van der Waals surface area contributed by atoms with E-state index in [1.165, 1.54) is 18.2 Å². The van der Waals surface area contributed by atoms with Gasteiger partial charge in [0.2, 0.25) is 0 Å². The molecule has 19 heavy (non-hydrogen) atoms. The van der Waals surface area contributed by atoms with Gasteiger partial charge in [0.05, 0.1) is 18.8 Å². The first-order chi connectivity index (χ1) is 8.76. The summed E-state index contributed by atoms with van der Waals surface area (Å²) in [6.07, 6.45) is -3.48. The number of rotatable bonds is 6. The van der Waals surface area contributed by atoms with E-state index >= 15 is 0 Å². The number of aliphatic hydroxyl groups excluding tert-OH is 1. The zero-order chi connectivity index (χ0) is 14.5. The zero-order valence-electron chi connectivity index (χ0n) is 10.7. The molecule has 6 heteroatoms. The molecule has 0 bridgehead atoms. The molecule has 0 heterocycles. The average molecular weight is 277 g/mol. The van der Waals surface area contributed by atoms with E-state index in [0.29, 0.717) is 12.8 Å². The third-order valence-electron chi connectivity index (χ3n) is 2.70. The van der Waals surface area contributed by atoms with Crippen LogP contribution < -0.4 is 10.5 Å². The second-order valence-electron chi connectivity index (χ2n) is 4.76. The first-order valence-corrected chi connectivity index (χ1v) is 5.95. The van der Waals surface area contributed by atoms with Crippen molar-refractivity contribution in [3.05, 3.63) is 29.8 Å². The highest BCUT2D eigenvalue weighted by Gasteiger charge is 2.33. The van der Waals surface area contributed by atoms with Crippen LogP contribution in [0.2, 0.25) is 0 Å². The Hall–Kier alpha value is -1.27. The van der Waals surface area contributed by atoms with E-state index < -0.39 is 17.3 Å². The standard InChI is InChI=1S/C13H18F3NO2/c1-12(17,9-18)7-4-8-19-11-6-3-2-5-10(11)13(14,15)16/h2-3,5-6,18H,4,7-9,17H2,1H3. The Kier molecular flexibility index (Phi) is 5.20. The summed E-state index contributed by atoms with van der Waals surface area (Å²) >= 11 is 0. The average Bonchev–Trinajstić information content (AvgIpc) is 2.34. The fourth-order valence-corrected chi connectivity index (χ4v) is 1.56. The molecule has 0 spiro atoms. The molecular weight excluding hydrogens is 259 g/mol.